The van der Waals surface area contributed by atoms with Gasteiger partial charge in [-0.05, 0) is 57.9 Å². The maximum Gasteiger partial charge on any atom is 0.340 e. The Balaban J connectivity index is 2.32. The molecule has 1 heterocycles. The van der Waals surface area contributed by atoms with Crippen LogP contribution in [-0.4, -0.2) is 30.8 Å². The van der Waals surface area contributed by atoms with Crippen molar-refractivity contribution < 1.29 is 19.1 Å². The number of rotatable bonds is 8. The molecule has 2 rings (SSSR count). The minimum absolute atomic E-state index is 0.00865. The molecule has 6 nitrogen and oxygen atoms in total. The van der Waals surface area contributed by atoms with Gasteiger partial charge in [0.2, 0.25) is 5.91 Å². The molecule has 0 fully saturated rings. The van der Waals surface area contributed by atoms with Crippen LogP contribution in [0.1, 0.15) is 37.0 Å². The zero-order valence-electron chi connectivity index (χ0n) is 16.3. The number of aliphatic hydroxyl groups excluding tert-OH is 1. The van der Waals surface area contributed by atoms with Crippen LogP contribution in [-0.2, 0) is 11.2 Å². The van der Waals surface area contributed by atoms with Crippen molar-refractivity contribution in [3.05, 3.63) is 50.9 Å². The van der Waals surface area contributed by atoms with Gasteiger partial charge in [0.05, 0.1) is 12.0 Å². The van der Waals surface area contributed by atoms with Gasteiger partial charge in [-0.25, -0.2) is 4.79 Å². The summed E-state index contributed by atoms with van der Waals surface area (Å²) >= 11 is 0. The van der Waals surface area contributed by atoms with E-state index >= 15 is 0 Å². The van der Waals surface area contributed by atoms with Crippen LogP contribution in [0.5, 0.6) is 5.75 Å². The Morgan fingerprint density at radius 1 is 1.26 bits per heavy atom. The average molecular weight is 373 g/mol. The number of aliphatic hydroxyl groups is 1. The van der Waals surface area contributed by atoms with E-state index < -0.39 is 5.63 Å². The highest BCUT2D eigenvalue weighted by Gasteiger charge is 2.17. The third-order valence-electron chi connectivity index (χ3n) is 4.38. The van der Waals surface area contributed by atoms with Crippen molar-refractivity contribution in [2.24, 2.45) is 0 Å². The Bertz CT molecular complexity index is 907. The lowest BCUT2D eigenvalue weighted by atomic mass is 10.0. The first-order valence-electron chi connectivity index (χ1n) is 9.04. The second-order valence-electron chi connectivity index (χ2n) is 6.75. The number of ether oxygens (including phenoxy) is 1. The molecular weight excluding hydrogens is 346 g/mol. The zero-order chi connectivity index (χ0) is 20.0. The summed E-state index contributed by atoms with van der Waals surface area (Å²) in [6.45, 7) is 8.50. The summed E-state index contributed by atoms with van der Waals surface area (Å²) in [5.74, 6) is 0.397. The van der Waals surface area contributed by atoms with E-state index in [1.54, 1.807) is 0 Å². The van der Waals surface area contributed by atoms with Crippen LogP contribution in [0, 0.1) is 13.8 Å². The number of nitrogens with one attached hydrogen (secondary N) is 1. The average Bonchev–Trinajstić information content (AvgIpc) is 2.61. The molecule has 0 aliphatic carbocycles. The summed E-state index contributed by atoms with van der Waals surface area (Å²) in [6.07, 6.45) is 2.41. The van der Waals surface area contributed by atoms with Gasteiger partial charge >= 0.3 is 5.63 Å². The summed E-state index contributed by atoms with van der Waals surface area (Å²) in [7, 11) is 0. The molecule has 0 spiro atoms. The predicted molar refractivity (Wildman–Crippen MR) is 105 cm³/mol. The van der Waals surface area contributed by atoms with Gasteiger partial charge in [0, 0.05) is 24.1 Å². The van der Waals surface area contributed by atoms with E-state index in [2.05, 4.69) is 5.32 Å². The van der Waals surface area contributed by atoms with E-state index in [1.807, 2.05) is 45.9 Å². The summed E-state index contributed by atoms with van der Waals surface area (Å²) in [4.78, 5) is 24.5. The van der Waals surface area contributed by atoms with Gasteiger partial charge in [-0.1, -0.05) is 5.57 Å². The van der Waals surface area contributed by atoms with Crippen LogP contribution < -0.4 is 15.7 Å². The van der Waals surface area contributed by atoms with E-state index in [9.17, 15) is 9.59 Å². The molecule has 0 bridgehead atoms. The van der Waals surface area contributed by atoms with E-state index in [-0.39, 0.29) is 18.9 Å². The lowest BCUT2D eigenvalue weighted by Gasteiger charge is -2.13. The van der Waals surface area contributed by atoms with Gasteiger partial charge in [-0.15, -0.1) is 0 Å². The van der Waals surface area contributed by atoms with Crippen molar-refractivity contribution in [1.82, 2.24) is 5.32 Å². The van der Waals surface area contributed by atoms with Crippen LogP contribution in [0.2, 0.25) is 0 Å². The van der Waals surface area contributed by atoms with Crippen LogP contribution in [0.4, 0.5) is 0 Å². The molecule has 1 aromatic carbocycles. The Morgan fingerprint density at radius 2 is 2.00 bits per heavy atom. The van der Waals surface area contributed by atoms with Crippen LogP contribution >= 0.6 is 0 Å². The number of amides is 1. The Morgan fingerprint density at radius 3 is 2.67 bits per heavy atom. The quantitative estimate of drug-likeness (QED) is 0.422. The molecule has 2 N–H and O–H groups in total. The fourth-order valence-corrected chi connectivity index (χ4v) is 2.76. The smallest absolute Gasteiger partial charge is 0.340 e. The molecule has 146 valence electrons. The first-order chi connectivity index (χ1) is 12.8. The first kappa shape index (κ1) is 20.7. The fraction of sp³-hybridized carbons (Fsp3) is 0.429. The van der Waals surface area contributed by atoms with E-state index in [1.165, 1.54) is 0 Å². The second kappa shape index (κ2) is 9.37. The molecule has 0 aliphatic heterocycles. The minimum Gasteiger partial charge on any atom is -0.489 e. The number of fused-ring (bicyclic) bond motifs is 1. The van der Waals surface area contributed by atoms with Gasteiger partial charge in [-0.3, -0.25) is 4.79 Å². The van der Waals surface area contributed by atoms with Crippen molar-refractivity contribution in [2.45, 2.75) is 40.5 Å². The normalized spacial score (nSPS) is 10.7. The van der Waals surface area contributed by atoms with Crippen LogP contribution in [0.3, 0.4) is 0 Å². The molecule has 0 saturated heterocycles. The van der Waals surface area contributed by atoms with Crippen LogP contribution in [0.15, 0.2) is 33.0 Å². The molecule has 0 atom stereocenters. The molecule has 0 saturated carbocycles. The van der Waals surface area contributed by atoms with Crippen molar-refractivity contribution in [3.8, 4) is 5.75 Å². The molecule has 27 heavy (non-hydrogen) atoms. The zero-order valence-corrected chi connectivity index (χ0v) is 16.3. The van der Waals surface area contributed by atoms with E-state index in [0.29, 0.717) is 36.5 Å². The minimum atomic E-state index is -0.512. The third-order valence-corrected chi connectivity index (χ3v) is 4.38. The van der Waals surface area contributed by atoms with E-state index in [4.69, 9.17) is 14.3 Å². The highest BCUT2D eigenvalue weighted by Crippen LogP contribution is 2.29. The highest BCUT2D eigenvalue weighted by atomic mass is 16.5. The molecule has 0 radical (unpaired) electrons. The second-order valence-corrected chi connectivity index (χ2v) is 6.75. The Kier molecular flexibility index (Phi) is 7.19. The summed E-state index contributed by atoms with van der Waals surface area (Å²) in [5, 5.41) is 12.2. The van der Waals surface area contributed by atoms with Crippen molar-refractivity contribution >= 4 is 16.9 Å². The predicted octanol–water partition coefficient (Wildman–Crippen LogP) is 2.80. The van der Waals surface area contributed by atoms with Gasteiger partial charge in [0.15, 0.2) is 0 Å². The number of aryl methyl sites for hydroxylation is 2. The Labute approximate surface area is 158 Å². The highest BCUT2D eigenvalue weighted by molar-refractivity contribution is 5.87. The first-order valence-corrected chi connectivity index (χ1v) is 9.04. The molecule has 6 heteroatoms. The Hall–Kier alpha value is -2.60. The maximum absolute atomic E-state index is 12.4. The van der Waals surface area contributed by atoms with Crippen molar-refractivity contribution in [2.75, 3.05) is 19.8 Å². The number of carbonyl (C=O) groups is 1. The van der Waals surface area contributed by atoms with Gasteiger partial charge < -0.3 is 19.6 Å². The molecule has 0 unspecified atom stereocenters. The van der Waals surface area contributed by atoms with Crippen molar-refractivity contribution in [3.63, 3.8) is 0 Å². The lowest BCUT2D eigenvalue weighted by Crippen LogP contribution is -2.29. The number of carbonyl (C=O) groups excluding carboxylic acids is 1. The van der Waals surface area contributed by atoms with Gasteiger partial charge in [0.25, 0.3) is 0 Å². The number of benzene rings is 1. The van der Waals surface area contributed by atoms with Crippen molar-refractivity contribution in [1.29, 1.82) is 0 Å². The molecule has 2 aromatic rings. The SMILES string of the molecule is CC(C)=CCOc1ccc2c(C)c(CC(=O)NCCCO)c(=O)oc2c1C. The van der Waals surface area contributed by atoms with Gasteiger partial charge in [-0.2, -0.15) is 0 Å². The number of hydrogen-bond donors (Lipinski definition) is 2. The largest absolute Gasteiger partial charge is 0.489 e. The molecule has 0 aliphatic rings. The summed E-state index contributed by atoms with van der Waals surface area (Å²) < 4.78 is 11.3. The van der Waals surface area contributed by atoms with Crippen LogP contribution in [0.25, 0.3) is 11.0 Å². The molecular formula is C21H27NO5. The van der Waals surface area contributed by atoms with E-state index in [0.717, 1.165) is 22.1 Å². The molecule has 1 amide bonds. The summed E-state index contributed by atoms with van der Waals surface area (Å²) in [6, 6.07) is 3.71. The number of hydrogen-bond acceptors (Lipinski definition) is 5. The maximum atomic E-state index is 12.4. The number of allylic oxidation sites excluding steroid dienone is 1. The lowest BCUT2D eigenvalue weighted by molar-refractivity contribution is -0.120. The molecule has 1 aromatic heterocycles. The fourth-order valence-electron chi connectivity index (χ4n) is 2.76. The standard InChI is InChI=1S/C21H27NO5/c1-13(2)8-11-26-18-7-6-16-14(3)17(12-19(24)22-9-5-10-23)21(25)27-20(16)15(18)4/h6-8,23H,5,9-12H2,1-4H3,(H,22,24). The topological polar surface area (TPSA) is 88.8 Å². The monoisotopic (exact) mass is 373 g/mol. The summed E-state index contributed by atoms with van der Waals surface area (Å²) in [5.41, 5.74) is 2.98. The van der Waals surface area contributed by atoms with Gasteiger partial charge in [0.1, 0.15) is 17.9 Å². The third kappa shape index (κ3) is 5.20.